The van der Waals surface area contributed by atoms with Crippen LogP contribution in [0.2, 0.25) is 0 Å². The van der Waals surface area contributed by atoms with Crippen molar-refractivity contribution < 1.29 is 69.5 Å². The van der Waals surface area contributed by atoms with Crippen LogP contribution in [0, 0.1) is 0 Å². The summed E-state index contributed by atoms with van der Waals surface area (Å²) in [5, 5.41) is 0. The Morgan fingerprint density at radius 2 is 2.00 bits per heavy atom. The summed E-state index contributed by atoms with van der Waals surface area (Å²) in [6.07, 6.45) is 2.91. The van der Waals surface area contributed by atoms with E-state index in [9.17, 15) is 4.79 Å². The maximum Gasteiger partial charge on any atom is 1.00 e. The van der Waals surface area contributed by atoms with Crippen LogP contribution in [0.25, 0.3) is 0 Å². The van der Waals surface area contributed by atoms with E-state index in [1.807, 2.05) is 0 Å². The largest absolute Gasteiger partial charge is 1.00 e. The summed E-state index contributed by atoms with van der Waals surface area (Å²) in [7, 11) is 0. The number of carbonyl (C=O) groups is 1. The van der Waals surface area contributed by atoms with Gasteiger partial charge in [-0.2, -0.15) is 0 Å². The third kappa shape index (κ3) is 56.6. The maximum absolute atomic E-state index is 9.73. The summed E-state index contributed by atoms with van der Waals surface area (Å²) in [6, 6.07) is 0. The van der Waals surface area contributed by atoms with E-state index >= 15 is 0 Å². The Morgan fingerprint density at radius 1 is 1.73 bits per heavy atom. The van der Waals surface area contributed by atoms with Crippen LogP contribution >= 0.6 is 0 Å². The molecule has 0 aromatic carbocycles. The molecule has 0 saturated carbocycles. The summed E-state index contributed by atoms with van der Waals surface area (Å²) in [4.78, 5) is 9.73. The molecule has 1 atom stereocenters. The van der Waals surface area contributed by atoms with E-state index in [-0.39, 0.29) is 51.4 Å². The fourth-order valence-electron chi connectivity index (χ4n) is 0.164. The van der Waals surface area contributed by atoms with Gasteiger partial charge in [0, 0.05) is 0 Å². The normalized spacial score (nSPS) is 10.8. The zero-order chi connectivity index (χ0) is 8.57. The first-order valence-electron chi connectivity index (χ1n) is 2.21. The first-order chi connectivity index (χ1) is 4.50. The second kappa shape index (κ2) is 13.5. The minimum absolute atomic E-state index is 0. The van der Waals surface area contributed by atoms with Crippen LogP contribution in [0.5, 0.6) is 0 Å². The third-order valence-corrected chi connectivity index (χ3v) is 0.331. The summed E-state index contributed by atoms with van der Waals surface area (Å²) in [5.41, 5.74) is 4.68. The number of hydrogen-bond acceptors (Lipinski definition) is 3. The summed E-state index contributed by atoms with van der Waals surface area (Å²) in [5.74, 6) is -0.391. The van der Waals surface area contributed by atoms with Crippen molar-refractivity contribution in [1.82, 2.24) is 0 Å². The zero-order valence-corrected chi connectivity index (χ0v) is 10.3. The third-order valence-electron chi connectivity index (χ3n) is 0.331. The number of carbonyl (C=O) groups excluding carboxylic acids is 1. The van der Waals surface area contributed by atoms with Gasteiger partial charge in [0.2, 0.25) is 5.91 Å². The molecular weight excluding hydrogens is 197 g/mol. The van der Waals surface area contributed by atoms with Crippen molar-refractivity contribution in [2.24, 2.45) is 5.73 Å². The molecule has 5 nitrogen and oxygen atoms in total. The number of primary amides is 1. The quantitative estimate of drug-likeness (QED) is 0.262. The fraction of sp³-hybridized carbons (Fsp3) is 0.250. The topological polar surface area (TPSA) is 103 Å². The summed E-state index contributed by atoms with van der Waals surface area (Å²) in [6.45, 7) is 1.74. The van der Waals surface area contributed by atoms with Crippen molar-refractivity contribution >= 4 is 17.3 Å². The van der Waals surface area contributed by atoms with Crippen molar-refractivity contribution in [3.63, 3.8) is 0 Å². The van der Waals surface area contributed by atoms with Gasteiger partial charge in [-0.3, -0.25) is 4.79 Å². The van der Waals surface area contributed by atoms with Crippen molar-refractivity contribution in [1.29, 1.82) is 0 Å². The van der Waals surface area contributed by atoms with Gasteiger partial charge in [-0.05, 0) is 13.0 Å². The number of nitrogens with two attached hydrogens (primary N) is 1. The molecule has 60 valence electrons. The molecular formula is C4H8KNO4S. The Bertz CT molecular complexity index is 145. The molecule has 0 aromatic heterocycles. The van der Waals surface area contributed by atoms with E-state index in [0.29, 0.717) is 0 Å². The van der Waals surface area contributed by atoms with Crippen molar-refractivity contribution in [2.45, 2.75) is 6.92 Å². The molecule has 0 fully saturated rings. The molecule has 3 N–H and O–H groups in total. The van der Waals surface area contributed by atoms with Gasteiger partial charge in [0.05, 0.1) is 11.4 Å². The summed E-state index contributed by atoms with van der Waals surface area (Å²) >= 11 is -2.86. The molecule has 0 aliphatic carbocycles. The van der Waals surface area contributed by atoms with Gasteiger partial charge in [0.1, 0.15) is 0 Å². The van der Waals surface area contributed by atoms with Crippen LogP contribution in [0.3, 0.4) is 0 Å². The Morgan fingerprint density at radius 3 is 2.00 bits per heavy atom. The average Bonchev–Trinajstić information content (AvgIpc) is 1.62. The number of hydrogen-bond donors (Lipinski definition) is 2. The van der Waals surface area contributed by atoms with Crippen LogP contribution in [0.4, 0.5) is 0 Å². The van der Waals surface area contributed by atoms with Crippen LogP contribution in [0.1, 0.15) is 6.92 Å². The Hall–Kier alpha value is 0.916. The van der Waals surface area contributed by atoms with Crippen LogP contribution in [-0.4, -0.2) is 19.2 Å². The van der Waals surface area contributed by atoms with Crippen molar-refractivity contribution in [3.8, 4) is 0 Å². The van der Waals surface area contributed by atoms with Crippen LogP contribution in [-0.2, 0) is 16.2 Å². The Labute approximate surface area is 110 Å². The fourth-order valence-corrected chi connectivity index (χ4v) is 0.164. The Kier molecular flexibility index (Phi) is 21.9. The molecule has 0 heterocycles. The van der Waals surface area contributed by atoms with Gasteiger partial charge < -0.3 is 14.8 Å². The van der Waals surface area contributed by atoms with Crippen molar-refractivity contribution in [3.05, 3.63) is 12.2 Å². The van der Waals surface area contributed by atoms with E-state index in [1.165, 1.54) is 6.08 Å². The molecule has 0 aliphatic heterocycles. The summed E-state index contributed by atoms with van der Waals surface area (Å²) < 4.78 is 24.1. The van der Waals surface area contributed by atoms with Crippen molar-refractivity contribution in [2.75, 3.05) is 0 Å². The number of amides is 1. The predicted molar refractivity (Wildman–Crippen MR) is 35.6 cm³/mol. The minimum atomic E-state index is -2.86. The smallest absolute Gasteiger partial charge is 0.750 e. The van der Waals surface area contributed by atoms with E-state index in [2.05, 4.69) is 5.73 Å². The molecule has 0 aromatic rings. The molecule has 1 unspecified atom stereocenters. The van der Waals surface area contributed by atoms with Gasteiger partial charge in [-0.15, -0.1) is 0 Å². The second-order valence-corrected chi connectivity index (χ2v) is 1.55. The van der Waals surface area contributed by atoms with Crippen LogP contribution < -0.4 is 57.1 Å². The predicted octanol–water partition coefficient (Wildman–Crippen LogP) is -3.61. The van der Waals surface area contributed by atoms with E-state index in [0.717, 1.165) is 0 Å². The monoisotopic (exact) mass is 205 g/mol. The maximum atomic E-state index is 9.73. The van der Waals surface area contributed by atoms with E-state index in [4.69, 9.17) is 13.3 Å². The van der Waals surface area contributed by atoms with Gasteiger partial charge in [0.15, 0.2) is 0 Å². The molecule has 0 radical (unpaired) electrons. The number of allylic oxidation sites excluding steroid dienone is 1. The first-order valence-corrected chi connectivity index (χ1v) is 3.24. The first kappa shape index (κ1) is 17.9. The number of rotatable bonds is 1. The molecule has 0 rings (SSSR count). The average molecular weight is 205 g/mol. The standard InChI is InChI=1S/C4H7NO.K.H2O3S/c1-2-3-4(5)6;;1-4(2)3/h2-3H,1H3,(H2,5,6);;(H2,1,2,3)/q;+1;/p-1. The Balaban J connectivity index is -0.000000114. The molecule has 0 bridgehead atoms. The van der Waals surface area contributed by atoms with Gasteiger partial charge in [-0.1, -0.05) is 6.08 Å². The molecule has 11 heavy (non-hydrogen) atoms. The zero-order valence-electron chi connectivity index (χ0n) is 6.31. The van der Waals surface area contributed by atoms with Gasteiger partial charge in [0.25, 0.3) is 0 Å². The molecule has 1 amide bonds. The SMILES string of the molecule is CC=CC(N)=O.O=S([O-])O.[K+]. The second-order valence-electron chi connectivity index (χ2n) is 1.12. The van der Waals surface area contributed by atoms with Crippen LogP contribution in [0.15, 0.2) is 12.2 Å². The molecule has 0 spiro atoms. The molecule has 0 saturated heterocycles. The molecule has 7 heteroatoms. The van der Waals surface area contributed by atoms with Gasteiger partial charge in [-0.25, -0.2) is 4.21 Å². The van der Waals surface area contributed by atoms with Gasteiger partial charge >= 0.3 is 51.4 Å². The van der Waals surface area contributed by atoms with E-state index in [1.54, 1.807) is 13.0 Å². The minimum Gasteiger partial charge on any atom is -0.750 e. The molecule has 0 aliphatic rings. The van der Waals surface area contributed by atoms with E-state index < -0.39 is 17.3 Å².